The standard InChI is InChI=1S/C32H44ClNO6/c1-18-13-25-24-10-9-22-14-23(36)11-12-29(22,3)31(24,33)28(39)16-30(25,4)32(18,40)27(38)15-26(37)21-7-5-20(6-8-21)17-34-19(2)35/h11-12,14,18,20-21,24-25,28,39-40H,5-10,13,15-17H2,1-4H3,(H,34,35)/t18-,20?,21?,24-,25-,28-,29-,30-,31-,32-/m0/s1. The number of allylic oxidation sites excluding steroid dienone is 4. The molecule has 0 bridgehead atoms. The minimum absolute atomic E-state index is 0.0571. The van der Waals surface area contributed by atoms with Crippen molar-refractivity contribution in [3.05, 3.63) is 23.8 Å². The molecule has 5 rings (SSSR count). The second-order valence-electron chi connectivity index (χ2n) is 13.9. The predicted molar refractivity (Wildman–Crippen MR) is 151 cm³/mol. The first-order valence-corrected chi connectivity index (χ1v) is 15.4. The van der Waals surface area contributed by atoms with E-state index in [9.17, 15) is 29.4 Å². The molecule has 5 aliphatic rings. The highest BCUT2D eigenvalue weighted by Crippen LogP contribution is 2.71. The lowest BCUT2D eigenvalue weighted by atomic mass is 9.45. The van der Waals surface area contributed by atoms with Crippen LogP contribution in [-0.2, 0) is 19.2 Å². The lowest BCUT2D eigenvalue weighted by Crippen LogP contribution is -2.68. The van der Waals surface area contributed by atoms with Crippen molar-refractivity contribution >= 4 is 34.9 Å². The molecule has 5 aliphatic carbocycles. The van der Waals surface area contributed by atoms with E-state index in [4.69, 9.17) is 11.6 Å². The smallest absolute Gasteiger partial charge is 0.216 e. The number of hydrogen-bond donors (Lipinski definition) is 3. The summed E-state index contributed by atoms with van der Waals surface area (Å²) in [6.45, 7) is 7.89. The van der Waals surface area contributed by atoms with E-state index in [2.05, 4.69) is 5.32 Å². The molecule has 7 nitrogen and oxygen atoms in total. The number of rotatable bonds is 6. The van der Waals surface area contributed by atoms with Gasteiger partial charge in [0.15, 0.2) is 11.6 Å². The van der Waals surface area contributed by atoms with Crippen LogP contribution in [0.3, 0.4) is 0 Å². The number of nitrogens with one attached hydrogen (secondary N) is 1. The molecule has 0 aromatic heterocycles. The molecule has 0 spiro atoms. The Kier molecular flexibility index (Phi) is 7.54. The number of halogens is 1. The zero-order valence-corrected chi connectivity index (χ0v) is 24.9. The van der Waals surface area contributed by atoms with Crippen LogP contribution < -0.4 is 5.32 Å². The highest BCUT2D eigenvalue weighted by atomic mass is 35.5. The third-order valence-electron chi connectivity index (χ3n) is 11.9. The molecule has 0 heterocycles. The third-order valence-corrected chi connectivity index (χ3v) is 12.8. The van der Waals surface area contributed by atoms with Crippen molar-refractivity contribution < 1.29 is 29.4 Å². The summed E-state index contributed by atoms with van der Waals surface area (Å²) < 4.78 is 0. The molecule has 0 unspecified atom stereocenters. The van der Waals surface area contributed by atoms with Crippen LogP contribution in [0.2, 0.25) is 0 Å². The fourth-order valence-corrected chi connectivity index (χ4v) is 10.1. The molecule has 220 valence electrons. The fourth-order valence-electron chi connectivity index (χ4n) is 9.55. The SMILES string of the molecule is CC(=O)NCC1CCC(C(=O)CC(=O)[C@@]2(O)[C@@H](C)C[C@H]3[C@@H]4CCC5=CC(=O)C=C[C@]5(C)[C@@]4(Cl)[C@@H](O)C[C@@]32C)CC1. The molecule has 0 radical (unpaired) electrons. The van der Waals surface area contributed by atoms with E-state index < -0.39 is 33.2 Å². The van der Waals surface area contributed by atoms with E-state index in [0.717, 1.165) is 18.4 Å². The van der Waals surface area contributed by atoms with Crippen LogP contribution in [0.4, 0.5) is 0 Å². The third kappa shape index (κ3) is 4.20. The highest BCUT2D eigenvalue weighted by Gasteiger charge is 2.74. The molecule has 4 fully saturated rings. The van der Waals surface area contributed by atoms with Crippen molar-refractivity contribution in [3.63, 3.8) is 0 Å². The molecule has 8 heteroatoms. The van der Waals surface area contributed by atoms with E-state index in [0.29, 0.717) is 44.6 Å². The van der Waals surface area contributed by atoms with Crippen molar-refractivity contribution in [2.24, 2.45) is 40.4 Å². The Morgan fingerprint density at radius 3 is 2.42 bits per heavy atom. The van der Waals surface area contributed by atoms with Gasteiger partial charge in [-0.05, 0) is 87.2 Å². The summed E-state index contributed by atoms with van der Waals surface area (Å²) in [5, 5.41) is 26.8. The van der Waals surface area contributed by atoms with Crippen molar-refractivity contribution in [1.29, 1.82) is 0 Å². The number of carbonyl (C=O) groups excluding carboxylic acids is 4. The summed E-state index contributed by atoms with van der Waals surface area (Å²) in [5.41, 5.74) is -2.42. The van der Waals surface area contributed by atoms with Gasteiger partial charge in [0.2, 0.25) is 5.91 Å². The first-order chi connectivity index (χ1) is 18.7. The topological polar surface area (TPSA) is 121 Å². The number of ketones is 3. The lowest BCUT2D eigenvalue weighted by molar-refractivity contribution is -0.178. The van der Waals surface area contributed by atoms with Gasteiger partial charge in [0.1, 0.15) is 11.4 Å². The zero-order chi connectivity index (χ0) is 29.3. The summed E-state index contributed by atoms with van der Waals surface area (Å²) in [5.74, 6) is -1.20. The summed E-state index contributed by atoms with van der Waals surface area (Å²) in [6, 6.07) is 0. The zero-order valence-electron chi connectivity index (χ0n) is 24.2. The number of amides is 1. The fraction of sp³-hybridized carbons (Fsp3) is 0.750. The number of Topliss-reactive ketones (excluding diaryl/α,β-unsaturated/α-hetero) is 2. The van der Waals surface area contributed by atoms with Gasteiger partial charge in [-0.25, -0.2) is 0 Å². The van der Waals surface area contributed by atoms with Crippen LogP contribution >= 0.6 is 11.6 Å². The van der Waals surface area contributed by atoms with Gasteiger partial charge in [-0.15, -0.1) is 11.6 Å². The molecule has 0 saturated heterocycles. The van der Waals surface area contributed by atoms with Crippen molar-refractivity contribution in [2.75, 3.05) is 6.54 Å². The molecule has 3 N–H and O–H groups in total. The van der Waals surface area contributed by atoms with E-state index in [-0.39, 0.29) is 54.0 Å². The molecule has 4 saturated carbocycles. The molecule has 8 atom stereocenters. The highest BCUT2D eigenvalue weighted by molar-refractivity contribution is 6.26. The second-order valence-corrected chi connectivity index (χ2v) is 14.5. The van der Waals surface area contributed by atoms with E-state index in [1.807, 2.05) is 26.8 Å². The quantitative estimate of drug-likeness (QED) is 0.325. The number of fused-ring (bicyclic) bond motifs is 5. The van der Waals surface area contributed by atoms with Gasteiger partial charge >= 0.3 is 0 Å². The van der Waals surface area contributed by atoms with Gasteiger partial charge < -0.3 is 15.5 Å². The Morgan fingerprint density at radius 2 is 1.77 bits per heavy atom. The van der Waals surface area contributed by atoms with Gasteiger partial charge in [0.05, 0.1) is 17.4 Å². The second kappa shape index (κ2) is 10.2. The summed E-state index contributed by atoms with van der Waals surface area (Å²) in [7, 11) is 0. The van der Waals surface area contributed by atoms with Gasteiger partial charge in [0, 0.05) is 30.2 Å². The van der Waals surface area contributed by atoms with E-state index in [1.54, 1.807) is 6.08 Å². The van der Waals surface area contributed by atoms with Crippen molar-refractivity contribution in [1.82, 2.24) is 5.32 Å². The van der Waals surface area contributed by atoms with E-state index >= 15 is 0 Å². The minimum Gasteiger partial charge on any atom is -0.391 e. The Labute approximate surface area is 242 Å². The number of aliphatic hydroxyl groups excluding tert-OH is 1. The van der Waals surface area contributed by atoms with Crippen LogP contribution in [0.25, 0.3) is 0 Å². The summed E-state index contributed by atoms with van der Waals surface area (Å²) >= 11 is 7.48. The molecule has 0 aromatic rings. The monoisotopic (exact) mass is 573 g/mol. The first kappa shape index (κ1) is 29.7. The Balaban J connectivity index is 1.34. The molecule has 1 amide bonds. The average molecular weight is 574 g/mol. The Morgan fingerprint density at radius 1 is 1.10 bits per heavy atom. The Hall–Kier alpha value is -1.83. The molecular formula is C32H44ClNO6. The Bertz CT molecular complexity index is 1170. The van der Waals surface area contributed by atoms with Gasteiger partial charge in [-0.2, -0.15) is 0 Å². The molecular weight excluding hydrogens is 530 g/mol. The lowest BCUT2D eigenvalue weighted by Gasteiger charge is -2.63. The van der Waals surface area contributed by atoms with Crippen LogP contribution in [0.1, 0.15) is 85.5 Å². The molecule has 0 aromatic carbocycles. The first-order valence-electron chi connectivity index (χ1n) is 15.0. The van der Waals surface area contributed by atoms with Gasteiger partial charge in [0.25, 0.3) is 0 Å². The largest absolute Gasteiger partial charge is 0.391 e. The average Bonchev–Trinajstić information content (AvgIpc) is 3.10. The normalized spacial score (nSPS) is 46.1. The number of carbonyl (C=O) groups is 4. The number of alkyl halides is 1. The van der Waals surface area contributed by atoms with Crippen molar-refractivity contribution in [2.45, 2.75) is 102 Å². The number of aliphatic hydroxyl groups is 2. The minimum atomic E-state index is -1.73. The van der Waals surface area contributed by atoms with Gasteiger partial charge in [-0.1, -0.05) is 32.4 Å². The summed E-state index contributed by atoms with van der Waals surface area (Å²) in [4.78, 5) is 49.5. The van der Waals surface area contributed by atoms with Crippen LogP contribution in [-0.4, -0.2) is 56.6 Å². The van der Waals surface area contributed by atoms with Crippen molar-refractivity contribution in [3.8, 4) is 0 Å². The van der Waals surface area contributed by atoms with E-state index in [1.165, 1.54) is 13.0 Å². The van der Waals surface area contributed by atoms with Gasteiger partial charge in [-0.3, -0.25) is 19.2 Å². The maximum absolute atomic E-state index is 13.9. The maximum Gasteiger partial charge on any atom is 0.216 e. The number of hydrogen-bond acceptors (Lipinski definition) is 6. The predicted octanol–water partition coefficient (Wildman–Crippen LogP) is 4.07. The molecule has 0 aliphatic heterocycles. The summed E-state index contributed by atoms with van der Waals surface area (Å²) in [6.07, 6.45) is 8.82. The maximum atomic E-state index is 13.9. The van der Waals surface area contributed by atoms with Crippen LogP contribution in [0, 0.1) is 40.4 Å². The van der Waals surface area contributed by atoms with Crippen LogP contribution in [0.5, 0.6) is 0 Å². The van der Waals surface area contributed by atoms with Crippen LogP contribution in [0.15, 0.2) is 23.8 Å². The molecule has 40 heavy (non-hydrogen) atoms.